The van der Waals surface area contributed by atoms with Gasteiger partial charge in [0.25, 0.3) is 0 Å². The predicted molar refractivity (Wildman–Crippen MR) is 258 cm³/mol. The maximum atomic E-state index is 7.56. The average Bonchev–Trinajstić information content (AvgIpc) is 3.97. The number of fused-ring (bicyclic) bond motifs is 5. The van der Waals surface area contributed by atoms with Gasteiger partial charge in [-0.3, -0.25) is 0 Å². The smallest absolute Gasteiger partial charge is 0.224 e. The fraction of sp³-hybridized carbons (Fsp3) is 0.333. The molecular formula is C57H59N3O10. The van der Waals surface area contributed by atoms with Gasteiger partial charge in [0.05, 0.1) is 71.3 Å². The SMILES string of the molecule is c1ccc(COC[C@@]23O[C@H]4O[C@H](Cn5nncc5COC[C@@H](O2)[C@@H](OCc2ccccc2)[C@@H]3OCc2ccccc2)[C@@H](OCc2ccccc2)[C@H](OCc2ccccc2)[C@H]4OCc2ccccc2)cc1. The van der Waals surface area contributed by atoms with Crippen molar-refractivity contribution in [1.82, 2.24) is 15.0 Å². The lowest BCUT2D eigenvalue weighted by Crippen LogP contribution is -2.64. The van der Waals surface area contributed by atoms with E-state index in [4.69, 9.17) is 47.4 Å². The van der Waals surface area contributed by atoms with E-state index in [0.717, 1.165) is 39.1 Å². The Labute approximate surface area is 409 Å². The van der Waals surface area contributed by atoms with Gasteiger partial charge in [0.1, 0.15) is 49.3 Å². The molecule has 13 nitrogen and oxygen atoms in total. The lowest BCUT2D eigenvalue weighted by atomic mass is 9.96. The highest BCUT2D eigenvalue weighted by Crippen LogP contribution is 2.43. The second kappa shape index (κ2) is 23.8. The van der Waals surface area contributed by atoms with E-state index in [9.17, 15) is 0 Å². The topological polar surface area (TPSA) is 123 Å². The van der Waals surface area contributed by atoms with Crippen LogP contribution >= 0.6 is 0 Å². The van der Waals surface area contributed by atoms with Gasteiger partial charge in [-0.25, -0.2) is 4.68 Å². The molecule has 4 heterocycles. The van der Waals surface area contributed by atoms with Crippen LogP contribution < -0.4 is 0 Å². The molecular weight excluding hydrogens is 887 g/mol. The number of benzene rings is 6. The van der Waals surface area contributed by atoms with Crippen LogP contribution in [0.5, 0.6) is 0 Å². The molecule has 2 fully saturated rings. The Balaban J connectivity index is 1.09. The first kappa shape index (κ1) is 47.7. The molecule has 3 aliphatic heterocycles. The van der Waals surface area contributed by atoms with Crippen LogP contribution in [-0.4, -0.2) is 83.0 Å². The van der Waals surface area contributed by atoms with Crippen molar-refractivity contribution >= 4 is 0 Å². The second-order valence-electron chi connectivity index (χ2n) is 17.8. The van der Waals surface area contributed by atoms with Crippen molar-refractivity contribution in [3.8, 4) is 0 Å². The fourth-order valence-corrected chi connectivity index (χ4v) is 9.22. The Hall–Kier alpha value is -5.94. The molecule has 10 rings (SSSR count). The largest absolute Gasteiger partial charge is 0.372 e. The van der Waals surface area contributed by atoms with Crippen molar-refractivity contribution in [3.05, 3.63) is 227 Å². The quantitative estimate of drug-likeness (QED) is 0.0771. The highest BCUT2D eigenvalue weighted by molar-refractivity contribution is 5.19. The fourth-order valence-electron chi connectivity index (χ4n) is 9.22. The first-order valence-electron chi connectivity index (χ1n) is 24.0. The summed E-state index contributed by atoms with van der Waals surface area (Å²) in [5.41, 5.74) is 6.59. The van der Waals surface area contributed by atoms with Crippen LogP contribution in [0.4, 0.5) is 0 Å². The number of rotatable bonds is 19. The molecule has 4 bridgehead atoms. The normalized spacial score (nSPS) is 25.5. The zero-order valence-corrected chi connectivity index (χ0v) is 39.0. The molecule has 0 aliphatic carbocycles. The van der Waals surface area contributed by atoms with Crippen molar-refractivity contribution in [3.63, 3.8) is 0 Å². The molecule has 13 heteroatoms. The molecule has 0 unspecified atom stereocenters. The number of nitrogens with zero attached hydrogens (tertiary/aromatic N) is 3. The zero-order valence-electron chi connectivity index (χ0n) is 39.0. The van der Waals surface area contributed by atoms with E-state index in [1.165, 1.54) is 0 Å². The van der Waals surface area contributed by atoms with E-state index in [2.05, 4.69) is 10.3 Å². The third-order valence-electron chi connectivity index (χ3n) is 12.8. The van der Waals surface area contributed by atoms with E-state index in [1.807, 2.05) is 182 Å². The van der Waals surface area contributed by atoms with Crippen molar-refractivity contribution in [2.75, 3.05) is 13.2 Å². The summed E-state index contributed by atoms with van der Waals surface area (Å²) >= 11 is 0. The Morgan fingerprint density at radius 3 is 1.43 bits per heavy atom. The molecule has 1 aromatic heterocycles. The summed E-state index contributed by atoms with van der Waals surface area (Å²) in [4.78, 5) is 0. The lowest BCUT2D eigenvalue weighted by Gasteiger charge is -2.48. The highest BCUT2D eigenvalue weighted by Gasteiger charge is 2.62. The van der Waals surface area contributed by atoms with Crippen LogP contribution in [0.3, 0.4) is 0 Å². The van der Waals surface area contributed by atoms with E-state index < -0.39 is 54.8 Å². The van der Waals surface area contributed by atoms with Crippen LogP contribution in [0.2, 0.25) is 0 Å². The molecule has 3 aliphatic rings. The van der Waals surface area contributed by atoms with E-state index in [1.54, 1.807) is 10.9 Å². The van der Waals surface area contributed by atoms with Crippen LogP contribution in [0.15, 0.2) is 188 Å². The van der Waals surface area contributed by atoms with E-state index in [0.29, 0.717) is 0 Å². The van der Waals surface area contributed by atoms with Crippen molar-refractivity contribution in [2.45, 2.75) is 108 Å². The van der Waals surface area contributed by atoms with Crippen molar-refractivity contribution < 1.29 is 47.4 Å². The van der Waals surface area contributed by atoms with Crippen LogP contribution in [0.25, 0.3) is 0 Å². The summed E-state index contributed by atoms with van der Waals surface area (Å²) < 4.78 is 72.5. The summed E-state index contributed by atoms with van der Waals surface area (Å²) in [5.74, 6) is -1.66. The van der Waals surface area contributed by atoms with Gasteiger partial charge >= 0.3 is 0 Å². The van der Waals surface area contributed by atoms with Crippen LogP contribution in [0, 0.1) is 0 Å². The molecule has 0 spiro atoms. The van der Waals surface area contributed by atoms with Gasteiger partial charge in [-0.15, -0.1) is 5.10 Å². The van der Waals surface area contributed by atoms with Gasteiger partial charge in [-0.1, -0.05) is 187 Å². The van der Waals surface area contributed by atoms with Crippen molar-refractivity contribution in [1.29, 1.82) is 0 Å². The third kappa shape index (κ3) is 12.1. The van der Waals surface area contributed by atoms with Gasteiger partial charge in [0.2, 0.25) is 5.79 Å². The van der Waals surface area contributed by atoms with E-state index >= 15 is 0 Å². The average molecular weight is 946 g/mol. The van der Waals surface area contributed by atoms with Gasteiger partial charge in [-0.05, 0) is 33.4 Å². The summed E-state index contributed by atoms with van der Waals surface area (Å²) in [5, 5.41) is 8.87. The maximum Gasteiger partial charge on any atom is 0.224 e. The minimum Gasteiger partial charge on any atom is -0.372 e. The van der Waals surface area contributed by atoms with Gasteiger partial charge in [-0.2, -0.15) is 0 Å². The third-order valence-corrected chi connectivity index (χ3v) is 12.8. The van der Waals surface area contributed by atoms with E-state index in [-0.39, 0.29) is 66.0 Å². The van der Waals surface area contributed by atoms with Gasteiger partial charge in [0, 0.05) is 0 Å². The molecule has 70 heavy (non-hydrogen) atoms. The van der Waals surface area contributed by atoms with Crippen LogP contribution in [0.1, 0.15) is 39.1 Å². The number of aromatic nitrogens is 3. The minimum atomic E-state index is -1.66. The summed E-state index contributed by atoms with van der Waals surface area (Å²) in [6.45, 7) is 1.96. The second-order valence-corrected chi connectivity index (χ2v) is 17.8. The molecule has 0 N–H and O–H groups in total. The Kier molecular flexibility index (Phi) is 16.2. The molecule has 7 aromatic rings. The summed E-state index contributed by atoms with van der Waals surface area (Å²) in [7, 11) is 0. The lowest BCUT2D eigenvalue weighted by molar-refractivity contribution is -0.397. The molecule has 6 aromatic carbocycles. The molecule has 9 atom stereocenters. The standard InChI is InChI=1S/C57H59N3O10/c1-7-19-42(20-8-1)33-62-41-57-55(67-38-47-29-17-6-18-30-47)52(64-35-44-23-11-3-12-24-44)50(69-57)40-61-39-48-31-58-59-60(48)32-49-51(63-34-43-21-9-2-10-22-43)53(65-36-45-25-13-4-14-26-45)54(56(68-49)70-57)66-37-46-27-15-5-16-28-46/h1-31,49-56H,32-41H2/t49-,50-,51-,52-,53+,54-,55+,56-,57+/m1/s1. The minimum absolute atomic E-state index is 0.0755. The number of ether oxygens (including phenoxy) is 10. The first-order chi connectivity index (χ1) is 34.7. The number of hydrogen-bond acceptors (Lipinski definition) is 12. The zero-order chi connectivity index (χ0) is 47.2. The molecule has 0 amide bonds. The molecule has 0 saturated carbocycles. The first-order valence-corrected chi connectivity index (χ1v) is 24.0. The molecule has 2 saturated heterocycles. The Morgan fingerprint density at radius 2 is 0.914 bits per heavy atom. The molecule has 0 radical (unpaired) electrons. The Morgan fingerprint density at radius 1 is 0.471 bits per heavy atom. The van der Waals surface area contributed by atoms with Crippen molar-refractivity contribution in [2.24, 2.45) is 0 Å². The molecule has 362 valence electrons. The van der Waals surface area contributed by atoms with Gasteiger partial charge in [0.15, 0.2) is 6.29 Å². The Bertz CT molecular complexity index is 2600. The highest BCUT2D eigenvalue weighted by atomic mass is 16.8. The predicted octanol–water partition coefficient (Wildman–Crippen LogP) is 8.79. The number of hydrogen-bond donors (Lipinski definition) is 0. The monoisotopic (exact) mass is 945 g/mol. The maximum absolute atomic E-state index is 7.56. The summed E-state index contributed by atoms with van der Waals surface area (Å²) in [6, 6.07) is 60.2. The van der Waals surface area contributed by atoms with Gasteiger partial charge < -0.3 is 47.4 Å². The van der Waals surface area contributed by atoms with Crippen LogP contribution in [-0.2, 0) is 100 Å². The summed E-state index contributed by atoms with van der Waals surface area (Å²) in [6.07, 6.45) is -4.85.